The summed E-state index contributed by atoms with van der Waals surface area (Å²) in [6.45, 7) is 5.20. The molecule has 2 nitrogen and oxygen atoms in total. The van der Waals surface area contributed by atoms with E-state index in [0.717, 1.165) is 17.4 Å². The minimum Gasteiger partial charge on any atom is -0.472 e. The third kappa shape index (κ3) is 3.47. The first-order valence-corrected chi connectivity index (χ1v) is 7.00. The summed E-state index contributed by atoms with van der Waals surface area (Å²) in [5.74, 6) is 0. The lowest BCUT2D eigenvalue weighted by molar-refractivity contribution is 0.534. The summed E-state index contributed by atoms with van der Waals surface area (Å²) in [6, 6.07) is 8.89. The molecule has 0 spiro atoms. The predicted molar refractivity (Wildman–Crippen MR) is 77.7 cm³/mol. The molecule has 96 valence electrons. The van der Waals surface area contributed by atoms with Crippen molar-refractivity contribution in [3.05, 3.63) is 58.0 Å². The fraction of sp³-hybridized carbons (Fsp3) is 0.333. The van der Waals surface area contributed by atoms with Crippen molar-refractivity contribution in [2.45, 2.75) is 26.3 Å². The fourth-order valence-electron chi connectivity index (χ4n) is 2.16. The monoisotopic (exact) mass is 307 g/mol. The number of rotatable bonds is 5. The molecule has 2 aromatic rings. The summed E-state index contributed by atoms with van der Waals surface area (Å²) in [5, 5.41) is 3.53. The molecule has 0 aliphatic rings. The number of hydrogen-bond acceptors (Lipinski definition) is 2. The van der Waals surface area contributed by atoms with E-state index < -0.39 is 0 Å². The average molecular weight is 308 g/mol. The van der Waals surface area contributed by atoms with Crippen molar-refractivity contribution in [2.75, 3.05) is 6.54 Å². The van der Waals surface area contributed by atoms with Gasteiger partial charge in [0.1, 0.15) is 0 Å². The molecule has 0 bridgehead atoms. The van der Waals surface area contributed by atoms with Gasteiger partial charge in [-0.05, 0) is 54.8 Å². The predicted octanol–water partition coefficient (Wildman–Crippen LogP) is 4.24. The van der Waals surface area contributed by atoms with Crippen LogP contribution in [0.2, 0.25) is 0 Å². The van der Waals surface area contributed by atoms with Crippen LogP contribution in [0.15, 0.2) is 45.7 Å². The van der Waals surface area contributed by atoms with Crippen molar-refractivity contribution in [3.8, 4) is 0 Å². The lowest BCUT2D eigenvalue weighted by atomic mass is 9.99. The van der Waals surface area contributed by atoms with Gasteiger partial charge < -0.3 is 9.73 Å². The summed E-state index contributed by atoms with van der Waals surface area (Å²) >= 11 is 3.56. The van der Waals surface area contributed by atoms with Crippen molar-refractivity contribution in [1.29, 1.82) is 0 Å². The maximum Gasteiger partial charge on any atom is 0.0935 e. The Labute approximate surface area is 117 Å². The summed E-state index contributed by atoms with van der Waals surface area (Å²) in [4.78, 5) is 0. The molecule has 0 amide bonds. The van der Waals surface area contributed by atoms with Crippen molar-refractivity contribution >= 4 is 15.9 Å². The first-order valence-electron chi connectivity index (χ1n) is 6.20. The normalized spacial score (nSPS) is 12.6. The maximum atomic E-state index is 5.14. The molecule has 2 rings (SSSR count). The van der Waals surface area contributed by atoms with Crippen molar-refractivity contribution in [3.63, 3.8) is 0 Å². The lowest BCUT2D eigenvalue weighted by Crippen LogP contribution is -2.22. The highest BCUT2D eigenvalue weighted by Crippen LogP contribution is 2.23. The van der Waals surface area contributed by atoms with Crippen LogP contribution in [-0.4, -0.2) is 6.54 Å². The molecule has 1 atom stereocenters. The van der Waals surface area contributed by atoms with Crippen LogP contribution in [0.5, 0.6) is 0 Å². The van der Waals surface area contributed by atoms with Crippen LogP contribution >= 0.6 is 15.9 Å². The van der Waals surface area contributed by atoms with Crippen LogP contribution in [-0.2, 0) is 6.42 Å². The van der Waals surface area contributed by atoms with Crippen LogP contribution in [0.4, 0.5) is 0 Å². The van der Waals surface area contributed by atoms with Gasteiger partial charge in [-0.25, -0.2) is 0 Å². The highest BCUT2D eigenvalue weighted by Gasteiger charge is 2.12. The van der Waals surface area contributed by atoms with E-state index in [1.54, 1.807) is 6.26 Å². The zero-order valence-electron chi connectivity index (χ0n) is 10.7. The van der Waals surface area contributed by atoms with Crippen molar-refractivity contribution in [2.24, 2.45) is 0 Å². The van der Waals surface area contributed by atoms with Gasteiger partial charge in [0, 0.05) is 10.5 Å². The second kappa shape index (κ2) is 6.21. The van der Waals surface area contributed by atoms with Crippen LogP contribution in [0, 0.1) is 6.92 Å². The van der Waals surface area contributed by atoms with Gasteiger partial charge in [0.15, 0.2) is 0 Å². The molecule has 18 heavy (non-hydrogen) atoms. The van der Waals surface area contributed by atoms with E-state index in [9.17, 15) is 0 Å². The summed E-state index contributed by atoms with van der Waals surface area (Å²) in [5.41, 5.74) is 3.80. The lowest BCUT2D eigenvalue weighted by Gasteiger charge is -2.18. The van der Waals surface area contributed by atoms with Gasteiger partial charge in [0.2, 0.25) is 0 Å². The Bertz CT molecular complexity index is 473. The van der Waals surface area contributed by atoms with Gasteiger partial charge in [0.25, 0.3) is 0 Å². The van der Waals surface area contributed by atoms with Crippen molar-refractivity contribution in [1.82, 2.24) is 5.32 Å². The van der Waals surface area contributed by atoms with E-state index in [1.807, 2.05) is 12.3 Å². The Morgan fingerprint density at radius 2 is 2.17 bits per heavy atom. The molecule has 0 aliphatic carbocycles. The molecule has 0 saturated heterocycles. The largest absolute Gasteiger partial charge is 0.472 e. The van der Waals surface area contributed by atoms with Gasteiger partial charge >= 0.3 is 0 Å². The number of benzene rings is 1. The highest BCUT2D eigenvalue weighted by atomic mass is 79.9. The Morgan fingerprint density at radius 3 is 2.78 bits per heavy atom. The average Bonchev–Trinajstić information content (AvgIpc) is 2.80. The Hall–Kier alpha value is -1.06. The van der Waals surface area contributed by atoms with Crippen molar-refractivity contribution < 1.29 is 4.42 Å². The third-order valence-corrected chi connectivity index (χ3v) is 3.40. The second-order valence-electron chi connectivity index (χ2n) is 4.51. The summed E-state index contributed by atoms with van der Waals surface area (Å²) in [7, 11) is 0. The first kappa shape index (κ1) is 13.4. The van der Waals surface area contributed by atoms with Gasteiger partial charge in [0.05, 0.1) is 12.5 Å². The van der Waals surface area contributed by atoms with Crippen LogP contribution in [0.3, 0.4) is 0 Å². The molecule has 0 radical (unpaired) electrons. The van der Waals surface area contributed by atoms with Gasteiger partial charge in [-0.2, -0.15) is 0 Å². The number of likely N-dealkylation sites (N-methyl/N-ethyl adjacent to an activating group) is 1. The van der Waals surface area contributed by atoms with Gasteiger partial charge in [-0.15, -0.1) is 0 Å². The quantitative estimate of drug-likeness (QED) is 0.893. The zero-order chi connectivity index (χ0) is 13.0. The number of nitrogens with one attached hydrogen (secondary N) is 1. The molecule has 1 aromatic heterocycles. The van der Waals surface area contributed by atoms with Gasteiger partial charge in [-0.3, -0.25) is 0 Å². The smallest absolute Gasteiger partial charge is 0.0935 e. The third-order valence-electron chi connectivity index (χ3n) is 2.94. The minimum absolute atomic E-state index is 0.323. The highest BCUT2D eigenvalue weighted by molar-refractivity contribution is 9.10. The molecular weight excluding hydrogens is 290 g/mol. The maximum absolute atomic E-state index is 5.14. The number of halogens is 1. The zero-order valence-corrected chi connectivity index (χ0v) is 12.3. The molecule has 3 heteroatoms. The molecule has 0 aliphatic heterocycles. The number of aryl methyl sites for hydroxylation is 1. The van der Waals surface area contributed by atoms with E-state index in [-0.39, 0.29) is 0 Å². The Morgan fingerprint density at radius 1 is 1.33 bits per heavy atom. The SMILES string of the molecule is CCNC(Cc1ccoc1)c1cc(C)cc(Br)c1. The first-order chi connectivity index (χ1) is 8.69. The molecule has 0 fully saturated rings. The molecule has 1 N–H and O–H groups in total. The van der Waals surface area contributed by atoms with Gasteiger partial charge in [-0.1, -0.05) is 28.9 Å². The topological polar surface area (TPSA) is 25.2 Å². The summed E-state index contributed by atoms with van der Waals surface area (Å²) in [6.07, 6.45) is 4.49. The Kier molecular flexibility index (Phi) is 4.61. The van der Waals surface area contributed by atoms with Crippen LogP contribution < -0.4 is 5.32 Å². The molecule has 1 heterocycles. The Balaban J connectivity index is 2.23. The molecular formula is C15H18BrNO. The van der Waals surface area contributed by atoms with Crippen LogP contribution in [0.1, 0.15) is 29.7 Å². The standard InChI is InChI=1S/C15H18BrNO/c1-3-17-15(8-12-4-5-18-10-12)13-6-11(2)7-14(16)9-13/h4-7,9-10,15,17H,3,8H2,1-2H3. The van der Waals surface area contributed by atoms with E-state index in [0.29, 0.717) is 6.04 Å². The van der Waals surface area contributed by atoms with E-state index in [4.69, 9.17) is 4.42 Å². The molecule has 1 aromatic carbocycles. The number of furan rings is 1. The van der Waals surface area contributed by atoms with E-state index in [1.165, 1.54) is 16.7 Å². The van der Waals surface area contributed by atoms with Crippen LogP contribution in [0.25, 0.3) is 0 Å². The fourth-order valence-corrected chi connectivity index (χ4v) is 2.79. The van der Waals surface area contributed by atoms with E-state index >= 15 is 0 Å². The summed E-state index contributed by atoms with van der Waals surface area (Å²) < 4.78 is 6.27. The molecule has 0 saturated carbocycles. The number of hydrogen-bond donors (Lipinski definition) is 1. The second-order valence-corrected chi connectivity index (χ2v) is 5.42. The van der Waals surface area contributed by atoms with E-state index in [2.05, 4.69) is 53.3 Å². The minimum atomic E-state index is 0.323. The molecule has 1 unspecified atom stereocenters.